The Labute approximate surface area is 167 Å². The Morgan fingerprint density at radius 1 is 1.10 bits per heavy atom. The third kappa shape index (κ3) is 3.36. The van der Waals surface area contributed by atoms with Crippen LogP contribution in [0.15, 0.2) is 59.8 Å². The van der Waals surface area contributed by atoms with Gasteiger partial charge in [0.1, 0.15) is 16.6 Å². The van der Waals surface area contributed by atoms with E-state index in [4.69, 9.17) is 5.73 Å². The number of aromatic nitrogens is 2. The number of carbonyl (C=O) groups is 2. The quantitative estimate of drug-likeness (QED) is 0.646. The summed E-state index contributed by atoms with van der Waals surface area (Å²) in [6.45, 7) is 0.00168. The molecule has 0 aliphatic carbocycles. The van der Waals surface area contributed by atoms with Crippen molar-refractivity contribution in [1.29, 1.82) is 0 Å². The first kappa shape index (κ1) is 19.1. The minimum absolute atomic E-state index is 0.0229. The van der Waals surface area contributed by atoms with Crippen LogP contribution in [0, 0.1) is 0 Å². The molecule has 0 unspecified atom stereocenters. The van der Waals surface area contributed by atoms with Crippen LogP contribution in [0.1, 0.15) is 10.4 Å². The van der Waals surface area contributed by atoms with Crippen molar-refractivity contribution in [3.8, 4) is 0 Å². The summed E-state index contributed by atoms with van der Waals surface area (Å²) in [5.74, 6) is -1.08. The van der Waals surface area contributed by atoms with Gasteiger partial charge in [-0.2, -0.15) is 4.31 Å². The first-order valence-corrected chi connectivity index (χ1v) is 10.4. The first-order chi connectivity index (χ1) is 13.9. The van der Waals surface area contributed by atoms with E-state index in [2.05, 4.69) is 9.97 Å². The van der Waals surface area contributed by atoms with Gasteiger partial charge in [0.25, 0.3) is 5.91 Å². The van der Waals surface area contributed by atoms with Crippen molar-refractivity contribution in [2.24, 2.45) is 5.73 Å². The third-order valence-electron chi connectivity index (χ3n) is 4.97. The number of amides is 2. The second-order valence-corrected chi connectivity index (χ2v) is 8.56. The van der Waals surface area contributed by atoms with E-state index in [0.717, 1.165) is 4.31 Å². The number of benzene rings is 1. The van der Waals surface area contributed by atoms with Gasteiger partial charge in [-0.05, 0) is 24.3 Å². The molecule has 1 atom stereocenters. The molecule has 1 fully saturated rings. The third-order valence-corrected chi connectivity index (χ3v) is 6.92. The van der Waals surface area contributed by atoms with Gasteiger partial charge in [-0.15, -0.1) is 0 Å². The maximum absolute atomic E-state index is 13.3. The highest BCUT2D eigenvalue weighted by molar-refractivity contribution is 7.89. The van der Waals surface area contributed by atoms with Gasteiger partial charge in [0.05, 0.1) is 0 Å². The summed E-state index contributed by atoms with van der Waals surface area (Å²) in [6.07, 6.45) is 2.90. The maximum atomic E-state index is 13.3. The summed E-state index contributed by atoms with van der Waals surface area (Å²) in [7, 11) is -4.03. The van der Waals surface area contributed by atoms with Crippen molar-refractivity contribution >= 4 is 32.9 Å². The zero-order valence-electron chi connectivity index (χ0n) is 15.4. The molecule has 2 aromatic heterocycles. The Morgan fingerprint density at radius 2 is 1.86 bits per heavy atom. The summed E-state index contributed by atoms with van der Waals surface area (Å²) >= 11 is 0. The Kier molecular flexibility index (Phi) is 4.81. The molecule has 1 aliphatic rings. The minimum atomic E-state index is -4.03. The molecule has 29 heavy (non-hydrogen) atoms. The number of pyridine rings is 1. The lowest BCUT2D eigenvalue weighted by Gasteiger charge is -2.38. The lowest BCUT2D eigenvalue weighted by Crippen LogP contribution is -2.60. The van der Waals surface area contributed by atoms with E-state index in [1.165, 1.54) is 11.1 Å². The highest BCUT2D eigenvalue weighted by atomic mass is 32.2. The number of aromatic amines is 1. The molecule has 150 valence electrons. The van der Waals surface area contributed by atoms with Gasteiger partial charge >= 0.3 is 0 Å². The Bertz CT molecular complexity index is 1180. The molecule has 0 spiro atoms. The van der Waals surface area contributed by atoms with Crippen molar-refractivity contribution < 1.29 is 18.0 Å². The van der Waals surface area contributed by atoms with Gasteiger partial charge < -0.3 is 15.6 Å². The molecule has 1 saturated heterocycles. The van der Waals surface area contributed by atoms with Gasteiger partial charge in [-0.25, -0.2) is 13.4 Å². The maximum Gasteiger partial charge on any atom is 0.253 e. The molecule has 0 saturated carbocycles. The topological polar surface area (TPSA) is 129 Å². The van der Waals surface area contributed by atoms with Crippen LogP contribution >= 0.6 is 0 Å². The number of nitrogens with zero attached hydrogens (tertiary/aromatic N) is 3. The second kappa shape index (κ2) is 7.30. The number of sulfonamides is 1. The highest BCUT2D eigenvalue weighted by Gasteiger charge is 2.41. The molecule has 1 aromatic carbocycles. The van der Waals surface area contributed by atoms with Crippen LogP contribution in [-0.2, 0) is 14.8 Å². The van der Waals surface area contributed by atoms with Crippen molar-refractivity contribution in [1.82, 2.24) is 19.2 Å². The van der Waals surface area contributed by atoms with Crippen LogP contribution in [-0.4, -0.2) is 65.1 Å². The minimum Gasteiger partial charge on any atom is -0.368 e. The summed E-state index contributed by atoms with van der Waals surface area (Å²) in [5, 5.41) is 0.429. The molecule has 2 amide bonds. The van der Waals surface area contributed by atoms with E-state index in [1.54, 1.807) is 48.7 Å². The van der Waals surface area contributed by atoms with Crippen LogP contribution in [0.25, 0.3) is 11.0 Å². The van der Waals surface area contributed by atoms with E-state index in [1.807, 2.05) is 0 Å². The summed E-state index contributed by atoms with van der Waals surface area (Å²) in [4.78, 5) is 33.2. The van der Waals surface area contributed by atoms with E-state index in [9.17, 15) is 18.0 Å². The molecular weight excluding hydrogens is 394 g/mol. The van der Waals surface area contributed by atoms with Gasteiger partial charge in [0.15, 0.2) is 0 Å². The number of nitrogens with two attached hydrogens (primary N) is 1. The smallest absolute Gasteiger partial charge is 0.253 e. The molecule has 9 nitrogen and oxygen atoms in total. The molecule has 3 N–H and O–H groups in total. The summed E-state index contributed by atoms with van der Waals surface area (Å²) < 4.78 is 27.7. The van der Waals surface area contributed by atoms with Crippen molar-refractivity contribution in [3.05, 3.63) is 60.4 Å². The number of hydrogen-bond acceptors (Lipinski definition) is 5. The average Bonchev–Trinajstić information content (AvgIpc) is 3.18. The number of rotatable bonds is 4. The summed E-state index contributed by atoms with van der Waals surface area (Å²) in [5.41, 5.74) is 6.42. The van der Waals surface area contributed by atoms with Gasteiger partial charge in [-0.3, -0.25) is 9.59 Å². The first-order valence-electron chi connectivity index (χ1n) is 8.97. The van der Waals surface area contributed by atoms with Crippen LogP contribution in [0.4, 0.5) is 0 Å². The molecule has 10 heteroatoms. The van der Waals surface area contributed by atoms with Crippen LogP contribution in [0.2, 0.25) is 0 Å². The average molecular weight is 413 g/mol. The highest BCUT2D eigenvalue weighted by Crippen LogP contribution is 2.27. The number of fused-ring (bicyclic) bond motifs is 1. The molecule has 4 rings (SSSR count). The second-order valence-electron chi connectivity index (χ2n) is 6.70. The molecule has 0 radical (unpaired) electrons. The standard InChI is InChI=1S/C19H19N5O4S/c20-17(25)15-12-23(19(26)13-5-2-1-3-6-13)9-10-24(15)29(27,28)16-11-22-18-14(16)7-4-8-21-18/h1-8,11,15H,9-10,12H2,(H2,20,25)(H,21,22)/t15-/m0/s1. The molecule has 3 aromatic rings. The Hall–Kier alpha value is -3.24. The van der Waals surface area contributed by atoms with Crippen LogP contribution in [0.3, 0.4) is 0 Å². The molecule has 1 aliphatic heterocycles. The van der Waals surface area contributed by atoms with E-state index < -0.39 is 22.0 Å². The summed E-state index contributed by atoms with van der Waals surface area (Å²) in [6, 6.07) is 10.7. The Balaban J connectivity index is 1.65. The van der Waals surface area contributed by atoms with E-state index >= 15 is 0 Å². The number of primary amides is 1. The van der Waals surface area contributed by atoms with Crippen molar-refractivity contribution in [2.75, 3.05) is 19.6 Å². The van der Waals surface area contributed by atoms with Crippen LogP contribution < -0.4 is 5.73 Å². The fourth-order valence-electron chi connectivity index (χ4n) is 3.50. The van der Waals surface area contributed by atoms with Gasteiger partial charge in [0.2, 0.25) is 15.9 Å². The Morgan fingerprint density at radius 3 is 2.59 bits per heavy atom. The lowest BCUT2D eigenvalue weighted by molar-refractivity contribution is -0.122. The molecule has 0 bridgehead atoms. The normalized spacial score (nSPS) is 18.1. The largest absolute Gasteiger partial charge is 0.368 e. The number of nitrogens with one attached hydrogen (secondary N) is 1. The number of H-pyrrole nitrogens is 1. The number of piperazine rings is 1. The molecule has 3 heterocycles. The van der Waals surface area contributed by atoms with E-state index in [-0.39, 0.29) is 30.4 Å². The molecular formula is C19H19N5O4S. The zero-order chi connectivity index (χ0) is 20.6. The van der Waals surface area contributed by atoms with Crippen LogP contribution in [0.5, 0.6) is 0 Å². The van der Waals surface area contributed by atoms with E-state index in [0.29, 0.717) is 16.6 Å². The number of hydrogen-bond donors (Lipinski definition) is 2. The monoisotopic (exact) mass is 413 g/mol. The zero-order valence-corrected chi connectivity index (χ0v) is 16.2. The van der Waals surface area contributed by atoms with Gasteiger partial charge in [-0.1, -0.05) is 18.2 Å². The fourth-order valence-corrected chi connectivity index (χ4v) is 5.23. The predicted molar refractivity (Wildman–Crippen MR) is 105 cm³/mol. The lowest BCUT2D eigenvalue weighted by atomic mass is 10.1. The predicted octanol–water partition coefficient (Wildman–Crippen LogP) is 0.564. The fraction of sp³-hybridized carbons (Fsp3) is 0.211. The van der Waals surface area contributed by atoms with Gasteiger partial charge in [0, 0.05) is 43.0 Å². The van der Waals surface area contributed by atoms with Crippen molar-refractivity contribution in [2.45, 2.75) is 10.9 Å². The SMILES string of the molecule is NC(=O)[C@@H]1CN(C(=O)c2ccccc2)CCN1S(=O)(=O)c1c[nH]c2ncccc12. The number of carbonyl (C=O) groups excluding carboxylic acids is 2. The van der Waals surface area contributed by atoms with Crippen molar-refractivity contribution in [3.63, 3.8) is 0 Å².